The molecule has 0 aliphatic rings. The van der Waals surface area contributed by atoms with E-state index in [9.17, 15) is 13.2 Å². The van der Waals surface area contributed by atoms with Crippen molar-refractivity contribution in [1.29, 1.82) is 0 Å². The van der Waals surface area contributed by atoms with Crippen LogP contribution in [0.3, 0.4) is 0 Å². The van der Waals surface area contributed by atoms with Crippen LogP contribution in [0, 0.1) is 0 Å². The Morgan fingerprint density at radius 2 is 2.06 bits per heavy atom. The first-order valence-electron chi connectivity index (χ1n) is 5.37. The first-order chi connectivity index (χ1) is 7.94. The third-order valence-electron chi connectivity index (χ3n) is 2.36. The zero-order valence-corrected chi connectivity index (χ0v) is 9.67. The predicted octanol–water partition coefficient (Wildman–Crippen LogP) is 1.92. The maximum Gasteiger partial charge on any atom is 0.401 e. The molecule has 0 fully saturated rings. The van der Waals surface area contributed by atoms with Gasteiger partial charge in [0.15, 0.2) is 0 Å². The fourth-order valence-corrected chi connectivity index (χ4v) is 1.43. The summed E-state index contributed by atoms with van der Waals surface area (Å²) >= 11 is 0. The maximum atomic E-state index is 12.2. The Morgan fingerprint density at radius 1 is 1.35 bits per heavy atom. The molecule has 0 aromatic carbocycles. The van der Waals surface area contributed by atoms with Gasteiger partial charge in [-0.2, -0.15) is 13.2 Å². The molecule has 0 amide bonds. The van der Waals surface area contributed by atoms with Gasteiger partial charge in [-0.1, -0.05) is 13.0 Å². The number of pyridine rings is 1. The third-order valence-corrected chi connectivity index (χ3v) is 2.36. The largest absolute Gasteiger partial charge is 0.401 e. The lowest BCUT2D eigenvalue weighted by atomic mass is 10.2. The summed E-state index contributed by atoms with van der Waals surface area (Å²) in [6, 6.07) is 3.49. The van der Waals surface area contributed by atoms with Gasteiger partial charge in [0.1, 0.15) is 0 Å². The number of hydrogen-bond donors (Lipinski definition) is 1. The highest BCUT2D eigenvalue weighted by molar-refractivity contribution is 5.13. The van der Waals surface area contributed by atoms with Crippen molar-refractivity contribution >= 4 is 0 Å². The summed E-state index contributed by atoms with van der Waals surface area (Å²) in [5.41, 5.74) is 6.90. The van der Waals surface area contributed by atoms with E-state index in [1.807, 2.05) is 0 Å². The van der Waals surface area contributed by atoms with Crippen molar-refractivity contribution < 1.29 is 13.2 Å². The van der Waals surface area contributed by atoms with Crippen LogP contribution in [-0.4, -0.2) is 29.1 Å². The van der Waals surface area contributed by atoms with Crippen LogP contribution in [0.4, 0.5) is 13.2 Å². The van der Waals surface area contributed by atoms with E-state index < -0.39 is 12.7 Å². The minimum absolute atomic E-state index is 0.195. The molecule has 1 rings (SSSR count). The van der Waals surface area contributed by atoms with Gasteiger partial charge in [0.25, 0.3) is 0 Å². The van der Waals surface area contributed by atoms with E-state index in [0.29, 0.717) is 18.8 Å². The molecule has 0 radical (unpaired) electrons. The van der Waals surface area contributed by atoms with Crippen LogP contribution in [0.2, 0.25) is 0 Å². The number of nitrogens with two attached hydrogens (primary N) is 1. The molecule has 0 saturated carbocycles. The van der Waals surface area contributed by atoms with E-state index in [-0.39, 0.29) is 6.54 Å². The van der Waals surface area contributed by atoms with Gasteiger partial charge in [0.05, 0.1) is 12.2 Å². The molecule has 0 aliphatic heterocycles. The first kappa shape index (κ1) is 13.9. The lowest BCUT2D eigenvalue weighted by Gasteiger charge is -2.21. The van der Waals surface area contributed by atoms with Crippen molar-refractivity contribution in [3.63, 3.8) is 0 Å². The van der Waals surface area contributed by atoms with Gasteiger partial charge < -0.3 is 5.73 Å². The molecule has 0 atom stereocenters. The summed E-state index contributed by atoms with van der Waals surface area (Å²) in [7, 11) is 0. The highest BCUT2D eigenvalue weighted by Crippen LogP contribution is 2.17. The van der Waals surface area contributed by atoms with Gasteiger partial charge in [-0.25, -0.2) is 0 Å². The molecule has 6 heteroatoms. The predicted molar refractivity (Wildman–Crippen MR) is 59.1 cm³/mol. The number of halogens is 3. The molecular weight excluding hydrogens is 231 g/mol. The minimum atomic E-state index is -4.17. The van der Waals surface area contributed by atoms with Crippen LogP contribution in [0.15, 0.2) is 18.3 Å². The number of rotatable bonds is 5. The zero-order valence-electron chi connectivity index (χ0n) is 9.67. The smallest absolute Gasteiger partial charge is 0.326 e. The Kier molecular flexibility index (Phi) is 4.89. The topological polar surface area (TPSA) is 42.1 Å². The second kappa shape index (κ2) is 5.97. The van der Waals surface area contributed by atoms with Crippen LogP contribution < -0.4 is 5.73 Å². The van der Waals surface area contributed by atoms with E-state index in [2.05, 4.69) is 4.98 Å². The molecule has 0 bridgehead atoms. The maximum absolute atomic E-state index is 12.2. The van der Waals surface area contributed by atoms with Crippen LogP contribution in [0.25, 0.3) is 0 Å². The van der Waals surface area contributed by atoms with Crippen molar-refractivity contribution in [2.45, 2.75) is 26.2 Å². The molecule has 0 spiro atoms. The highest BCUT2D eigenvalue weighted by Gasteiger charge is 2.30. The first-order valence-corrected chi connectivity index (χ1v) is 5.37. The SMILES string of the molecule is CCN(Cc1ccc(CN)cn1)CC(F)(F)F. The monoisotopic (exact) mass is 247 g/mol. The quantitative estimate of drug-likeness (QED) is 0.864. The van der Waals surface area contributed by atoms with Crippen molar-refractivity contribution in [2.24, 2.45) is 5.73 Å². The van der Waals surface area contributed by atoms with Crippen molar-refractivity contribution in [3.8, 4) is 0 Å². The van der Waals surface area contributed by atoms with Crippen LogP contribution in [0.5, 0.6) is 0 Å². The Labute approximate surface area is 98.4 Å². The molecule has 96 valence electrons. The summed E-state index contributed by atoms with van der Waals surface area (Å²) in [5, 5.41) is 0. The van der Waals surface area contributed by atoms with Gasteiger partial charge in [-0.05, 0) is 18.2 Å². The van der Waals surface area contributed by atoms with Gasteiger partial charge in [-0.15, -0.1) is 0 Å². The second-order valence-corrected chi connectivity index (χ2v) is 3.78. The molecule has 17 heavy (non-hydrogen) atoms. The minimum Gasteiger partial charge on any atom is -0.326 e. The zero-order chi connectivity index (χ0) is 12.9. The summed E-state index contributed by atoms with van der Waals surface area (Å²) in [4.78, 5) is 5.37. The van der Waals surface area contributed by atoms with Gasteiger partial charge in [0.2, 0.25) is 0 Å². The standard InChI is InChI=1S/C11H16F3N3/c1-2-17(8-11(12,13)14)7-10-4-3-9(5-15)6-16-10/h3-4,6H,2,5,7-8,15H2,1H3. The fraction of sp³-hybridized carbons (Fsp3) is 0.545. The van der Waals surface area contributed by atoms with E-state index in [1.165, 1.54) is 4.90 Å². The molecule has 1 aromatic rings. The van der Waals surface area contributed by atoms with E-state index in [1.54, 1.807) is 25.3 Å². The fourth-order valence-electron chi connectivity index (χ4n) is 1.43. The molecule has 3 nitrogen and oxygen atoms in total. The second-order valence-electron chi connectivity index (χ2n) is 3.78. The molecule has 0 aliphatic carbocycles. The molecule has 0 saturated heterocycles. The highest BCUT2D eigenvalue weighted by atomic mass is 19.4. The van der Waals surface area contributed by atoms with Gasteiger partial charge in [-0.3, -0.25) is 9.88 Å². The molecule has 1 heterocycles. The average molecular weight is 247 g/mol. The van der Waals surface area contributed by atoms with Crippen LogP contribution in [0.1, 0.15) is 18.2 Å². The Bertz CT molecular complexity index is 335. The number of alkyl halides is 3. The average Bonchev–Trinajstić information content (AvgIpc) is 2.27. The number of hydrogen-bond acceptors (Lipinski definition) is 3. The van der Waals surface area contributed by atoms with Gasteiger partial charge in [0, 0.05) is 19.3 Å². The van der Waals surface area contributed by atoms with Gasteiger partial charge >= 0.3 is 6.18 Å². The van der Waals surface area contributed by atoms with E-state index in [0.717, 1.165) is 5.56 Å². The summed E-state index contributed by atoms with van der Waals surface area (Å²) in [6.45, 7) is 1.69. The molecular formula is C11H16F3N3. The summed E-state index contributed by atoms with van der Waals surface area (Å²) in [6.07, 6.45) is -2.58. The van der Waals surface area contributed by atoms with Crippen molar-refractivity contribution in [2.75, 3.05) is 13.1 Å². The Balaban J connectivity index is 2.61. The molecule has 1 aromatic heterocycles. The third kappa shape index (κ3) is 5.14. The number of nitrogens with zero attached hydrogens (tertiary/aromatic N) is 2. The van der Waals surface area contributed by atoms with Crippen LogP contribution in [-0.2, 0) is 13.1 Å². The number of aromatic nitrogens is 1. The summed E-state index contributed by atoms with van der Waals surface area (Å²) in [5.74, 6) is 0. The lowest BCUT2D eigenvalue weighted by Crippen LogP contribution is -2.33. The van der Waals surface area contributed by atoms with Crippen LogP contribution >= 0.6 is 0 Å². The Hall–Kier alpha value is -1.14. The van der Waals surface area contributed by atoms with E-state index >= 15 is 0 Å². The van der Waals surface area contributed by atoms with Crippen molar-refractivity contribution in [3.05, 3.63) is 29.6 Å². The Morgan fingerprint density at radius 3 is 2.47 bits per heavy atom. The molecule has 2 N–H and O–H groups in total. The molecule has 0 unspecified atom stereocenters. The van der Waals surface area contributed by atoms with E-state index in [4.69, 9.17) is 5.73 Å². The summed E-state index contributed by atoms with van der Waals surface area (Å²) < 4.78 is 36.7. The van der Waals surface area contributed by atoms with Crippen molar-refractivity contribution in [1.82, 2.24) is 9.88 Å². The lowest BCUT2D eigenvalue weighted by molar-refractivity contribution is -0.146. The normalized spacial score (nSPS) is 12.1.